The van der Waals surface area contributed by atoms with Gasteiger partial charge in [-0.15, -0.1) is 0 Å². The first-order valence-electron chi connectivity index (χ1n) is 12.9. The SMILES string of the molecule is O=C(NCc1ccccc1)c1ccccc1OCCOCCOc1ccccc1C(=O)NCc1ccccc1. The van der Waals surface area contributed by atoms with Gasteiger partial charge in [0.05, 0.1) is 24.3 Å². The number of carbonyl (C=O) groups is 2. The van der Waals surface area contributed by atoms with E-state index >= 15 is 0 Å². The van der Waals surface area contributed by atoms with Crippen molar-refractivity contribution in [2.75, 3.05) is 26.4 Å². The standard InChI is InChI=1S/C32H32N2O5/c35-31(33-23-25-11-3-1-4-12-25)27-15-7-9-17-29(27)38-21-19-37-20-22-39-30-18-10-8-16-28(30)32(36)34-24-26-13-5-2-6-14-26/h1-18H,19-24H2,(H,33,35)(H,34,36). The average Bonchev–Trinajstić information content (AvgIpc) is 2.99. The van der Waals surface area contributed by atoms with Crippen molar-refractivity contribution in [2.45, 2.75) is 13.1 Å². The van der Waals surface area contributed by atoms with Crippen LogP contribution in [0.15, 0.2) is 109 Å². The Labute approximate surface area is 228 Å². The molecule has 0 saturated heterocycles. The van der Waals surface area contributed by atoms with Crippen molar-refractivity contribution in [3.63, 3.8) is 0 Å². The molecule has 200 valence electrons. The van der Waals surface area contributed by atoms with Gasteiger partial charge in [-0.1, -0.05) is 84.9 Å². The van der Waals surface area contributed by atoms with Gasteiger partial charge in [0.25, 0.3) is 11.8 Å². The van der Waals surface area contributed by atoms with Crippen molar-refractivity contribution < 1.29 is 23.8 Å². The number of benzene rings is 4. The van der Waals surface area contributed by atoms with Gasteiger partial charge in [-0.25, -0.2) is 0 Å². The van der Waals surface area contributed by atoms with Crippen LogP contribution in [-0.4, -0.2) is 38.2 Å². The molecule has 39 heavy (non-hydrogen) atoms. The summed E-state index contributed by atoms with van der Waals surface area (Å²) in [6, 6.07) is 33.7. The summed E-state index contributed by atoms with van der Waals surface area (Å²) in [4.78, 5) is 25.3. The molecule has 0 saturated carbocycles. The van der Waals surface area contributed by atoms with Crippen molar-refractivity contribution in [1.82, 2.24) is 10.6 Å². The minimum atomic E-state index is -0.199. The van der Waals surface area contributed by atoms with Crippen LogP contribution in [0.25, 0.3) is 0 Å². The number of carbonyl (C=O) groups excluding carboxylic acids is 2. The molecule has 0 atom stereocenters. The number of para-hydroxylation sites is 2. The Bertz CT molecular complexity index is 1230. The van der Waals surface area contributed by atoms with Crippen LogP contribution in [0.1, 0.15) is 31.8 Å². The predicted molar refractivity (Wildman–Crippen MR) is 150 cm³/mol. The Hall–Kier alpha value is -4.62. The molecule has 7 nitrogen and oxygen atoms in total. The van der Waals surface area contributed by atoms with Crippen molar-refractivity contribution in [1.29, 1.82) is 0 Å². The lowest BCUT2D eigenvalue weighted by Crippen LogP contribution is -2.24. The molecule has 0 spiro atoms. The zero-order chi connectivity index (χ0) is 27.1. The minimum absolute atomic E-state index is 0.199. The second kappa shape index (κ2) is 15.0. The summed E-state index contributed by atoms with van der Waals surface area (Å²) in [7, 11) is 0. The largest absolute Gasteiger partial charge is 0.490 e. The molecule has 0 aliphatic rings. The maximum atomic E-state index is 12.7. The van der Waals surface area contributed by atoms with Gasteiger partial charge in [-0.05, 0) is 35.4 Å². The van der Waals surface area contributed by atoms with Crippen LogP contribution in [0.5, 0.6) is 11.5 Å². The van der Waals surface area contributed by atoms with Crippen molar-refractivity contribution in [3.05, 3.63) is 131 Å². The Morgan fingerprint density at radius 1 is 0.487 bits per heavy atom. The molecule has 0 aliphatic heterocycles. The fourth-order valence-corrected chi connectivity index (χ4v) is 3.83. The molecule has 0 heterocycles. The number of nitrogens with one attached hydrogen (secondary N) is 2. The van der Waals surface area contributed by atoms with E-state index in [0.717, 1.165) is 11.1 Å². The van der Waals surface area contributed by atoms with Gasteiger partial charge in [0.2, 0.25) is 0 Å². The molecule has 0 fully saturated rings. The Balaban J connectivity index is 1.17. The lowest BCUT2D eigenvalue weighted by atomic mass is 10.1. The third kappa shape index (κ3) is 8.72. The van der Waals surface area contributed by atoms with Gasteiger partial charge in [0.1, 0.15) is 24.7 Å². The fraction of sp³-hybridized carbons (Fsp3) is 0.188. The van der Waals surface area contributed by atoms with Crippen LogP contribution < -0.4 is 20.1 Å². The van der Waals surface area contributed by atoms with Crippen LogP contribution in [0.2, 0.25) is 0 Å². The molecular formula is C32H32N2O5. The molecule has 4 rings (SSSR count). The number of rotatable bonds is 14. The molecule has 4 aromatic rings. The zero-order valence-electron chi connectivity index (χ0n) is 21.7. The van der Waals surface area contributed by atoms with Gasteiger partial charge < -0.3 is 24.8 Å². The predicted octanol–water partition coefficient (Wildman–Crippen LogP) is 5.02. The van der Waals surface area contributed by atoms with E-state index in [4.69, 9.17) is 14.2 Å². The minimum Gasteiger partial charge on any atom is -0.490 e. The third-order valence-electron chi connectivity index (χ3n) is 5.83. The smallest absolute Gasteiger partial charge is 0.255 e. The molecule has 7 heteroatoms. The molecule has 2 amide bonds. The average molecular weight is 525 g/mol. The molecular weight excluding hydrogens is 492 g/mol. The first kappa shape index (κ1) is 27.4. The number of hydrogen-bond donors (Lipinski definition) is 2. The molecule has 0 radical (unpaired) electrons. The summed E-state index contributed by atoms with van der Waals surface area (Å²) in [5, 5.41) is 5.85. The monoisotopic (exact) mass is 524 g/mol. The van der Waals surface area contributed by atoms with Gasteiger partial charge >= 0.3 is 0 Å². The molecule has 2 N–H and O–H groups in total. The van der Waals surface area contributed by atoms with Crippen LogP contribution in [0.4, 0.5) is 0 Å². The summed E-state index contributed by atoms with van der Waals surface area (Å²) in [6.07, 6.45) is 0. The summed E-state index contributed by atoms with van der Waals surface area (Å²) in [5.74, 6) is 0.599. The van der Waals surface area contributed by atoms with E-state index in [0.29, 0.717) is 48.9 Å². The maximum Gasteiger partial charge on any atom is 0.255 e. The highest BCUT2D eigenvalue weighted by atomic mass is 16.5. The highest BCUT2D eigenvalue weighted by Crippen LogP contribution is 2.19. The Morgan fingerprint density at radius 2 is 0.872 bits per heavy atom. The summed E-state index contributed by atoms with van der Waals surface area (Å²) in [6.45, 7) is 2.08. The maximum absolute atomic E-state index is 12.7. The van der Waals surface area contributed by atoms with E-state index in [1.54, 1.807) is 36.4 Å². The van der Waals surface area contributed by atoms with E-state index in [9.17, 15) is 9.59 Å². The second-order valence-corrected chi connectivity index (χ2v) is 8.64. The fourth-order valence-electron chi connectivity index (χ4n) is 3.83. The van der Waals surface area contributed by atoms with E-state index in [2.05, 4.69) is 10.6 Å². The first-order chi connectivity index (χ1) is 19.2. The van der Waals surface area contributed by atoms with Crippen LogP contribution in [0.3, 0.4) is 0 Å². The van der Waals surface area contributed by atoms with Crippen LogP contribution >= 0.6 is 0 Å². The highest BCUT2D eigenvalue weighted by Gasteiger charge is 2.13. The van der Waals surface area contributed by atoms with Crippen molar-refractivity contribution in [2.24, 2.45) is 0 Å². The van der Waals surface area contributed by atoms with Crippen LogP contribution in [-0.2, 0) is 17.8 Å². The topological polar surface area (TPSA) is 85.9 Å². The number of amides is 2. The molecule has 0 unspecified atom stereocenters. The van der Waals surface area contributed by atoms with E-state index in [-0.39, 0.29) is 25.0 Å². The summed E-state index contributed by atoms with van der Waals surface area (Å²) < 4.78 is 17.3. The van der Waals surface area contributed by atoms with Crippen molar-refractivity contribution in [3.8, 4) is 11.5 Å². The van der Waals surface area contributed by atoms with Gasteiger partial charge in [-0.3, -0.25) is 9.59 Å². The highest BCUT2D eigenvalue weighted by molar-refractivity contribution is 5.97. The summed E-state index contributed by atoms with van der Waals surface area (Å²) in [5.41, 5.74) is 2.99. The van der Waals surface area contributed by atoms with E-state index in [1.165, 1.54) is 0 Å². The Kier molecular flexibility index (Phi) is 10.5. The first-order valence-corrected chi connectivity index (χ1v) is 12.9. The molecule has 0 aromatic heterocycles. The number of ether oxygens (including phenoxy) is 3. The van der Waals surface area contributed by atoms with Gasteiger partial charge in [-0.2, -0.15) is 0 Å². The lowest BCUT2D eigenvalue weighted by molar-refractivity contribution is 0.0749. The molecule has 4 aromatic carbocycles. The number of hydrogen-bond acceptors (Lipinski definition) is 5. The van der Waals surface area contributed by atoms with Gasteiger partial charge in [0, 0.05) is 13.1 Å². The molecule has 0 bridgehead atoms. The van der Waals surface area contributed by atoms with Gasteiger partial charge in [0.15, 0.2) is 0 Å². The second-order valence-electron chi connectivity index (χ2n) is 8.64. The van der Waals surface area contributed by atoms with E-state index in [1.807, 2.05) is 72.8 Å². The molecule has 0 aliphatic carbocycles. The summed E-state index contributed by atoms with van der Waals surface area (Å²) >= 11 is 0. The van der Waals surface area contributed by atoms with E-state index < -0.39 is 0 Å². The Morgan fingerprint density at radius 3 is 1.31 bits per heavy atom. The van der Waals surface area contributed by atoms with Crippen LogP contribution in [0, 0.1) is 0 Å². The van der Waals surface area contributed by atoms with Crippen molar-refractivity contribution >= 4 is 11.8 Å². The third-order valence-corrected chi connectivity index (χ3v) is 5.83. The normalized spacial score (nSPS) is 10.5. The quantitative estimate of drug-likeness (QED) is 0.226. The lowest BCUT2D eigenvalue weighted by Gasteiger charge is -2.13. The zero-order valence-corrected chi connectivity index (χ0v) is 21.7.